The van der Waals surface area contributed by atoms with E-state index in [1.165, 1.54) is 6.20 Å². The molecular weight excluding hydrogens is 375 g/mol. The van der Waals surface area contributed by atoms with Gasteiger partial charge in [-0.15, -0.1) is 0 Å². The lowest BCUT2D eigenvalue weighted by molar-refractivity contribution is 0.0880. The molecule has 3 aromatic heterocycles. The van der Waals surface area contributed by atoms with E-state index >= 15 is 0 Å². The van der Waals surface area contributed by atoms with Gasteiger partial charge in [0.1, 0.15) is 23.2 Å². The molecule has 0 unspecified atom stereocenters. The van der Waals surface area contributed by atoms with Gasteiger partial charge in [0, 0.05) is 37.1 Å². The van der Waals surface area contributed by atoms with Gasteiger partial charge in [-0.3, -0.25) is 4.79 Å². The third-order valence-electron chi connectivity index (χ3n) is 3.78. The molecule has 3 aromatic rings. The van der Waals surface area contributed by atoms with Crippen LogP contribution in [0.2, 0.25) is 10.2 Å². The molecule has 0 atom stereocenters. The van der Waals surface area contributed by atoms with E-state index in [1.807, 2.05) is 25.5 Å². The number of nitrogens with zero attached hydrogens (tertiary/aromatic N) is 3. The molecule has 26 heavy (non-hydrogen) atoms. The number of rotatable bonds is 5. The number of amides is 1. The van der Waals surface area contributed by atoms with E-state index in [-0.39, 0.29) is 12.5 Å². The summed E-state index contributed by atoms with van der Waals surface area (Å²) in [6, 6.07) is 5.06. The first-order valence-corrected chi connectivity index (χ1v) is 8.68. The molecule has 1 amide bonds. The van der Waals surface area contributed by atoms with Crippen LogP contribution in [0.25, 0.3) is 11.0 Å². The molecule has 0 bridgehead atoms. The quantitative estimate of drug-likeness (QED) is 0.669. The second kappa shape index (κ2) is 7.13. The molecule has 0 radical (unpaired) electrons. The van der Waals surface area contributed by atoms with Gasteiger partial charge in [0.25, 0.3) is 5.91 Å². The molecule has 0 fully saturated rings. The van der Waals surface area contributed by atoms with Crippen molar-refractivity contribution in [1.82, 2.24) is 19.9 Å². The number of carbonyl (C=O) groups is 1. The summed E-state index contributed by atoms with van der Waals surface area (Å²) in [7, 11) is 1.85. The highest BCUT2D eigenvalue weighted by molar-refractivity contribution is 6.35. The second-order valence-corrected chi connectivity index (χ2v) is 7.42. The molecule has 0 saturated carbocycles. The standard InChI is InChI=1S/C18H18Cl2N4O2/c1-18(2,10-26-12-4-5-21-15(20)7-12)23-17(25)11-6-13-14(19)9-24(3)16(13)22-8-11/h4-9H,10H2,1-3H3,(H,23,25). The first-order chi connectivity index (χ1) is 12.2. The number of fused-ring (bicyclic) bond motifs is 1. The first-order valence-electron chi connectivity index (χ1n) is 7.93. The lowest BCUT2D eigenvalue weighted by Crippen LogP contribution is -2.47. The predicted molar refractivity (Wildman–Crippen MR) is 102 cm³/mol. The zero-order valence-electron chi connectivity index (χ0n) is 14.6. The molecule has 0 aliphatic carbocycles. The van der Waals surface area contributed by atoms with Crippen molar-refractivity contribution in [3.63, 3.8) is 0 Å². The minimum absolute atomic E-state index is 0.249. The number of aromatic nitrogens is 3. The van der Waals surface area contributed by atoms with Crippen molar-refractivity contribution >= 4 is 40.1 Å². The average molecular weight is 393 g/mol. The van der Waals surface area contributed by atoms with Crippen molar-refractivity contribution in [1.29, 1.82) is 0 Å². The van der Waals surface area contributed by atoms with Gasteiger partial charge in [-0.05, 0) is 26.0 Å². The Bertz CT molecular complexity index is 969. The molecular formula is C18H18Cl2N4O2. The summed E-state index contributed by atoms with van der Waals surface area (Å²) < 4.78 is 7.52. The Morgan fingerprint density at radius 3 is 2.81 bits per heavy atom. The third-order valence-corrected chi connectivity index (χ3v) is 4.28. The molecule has 0 spiro atoms. The lowest BCUT2D eigenvalue weighted by Gasteiger charge is -2.26. The van der Waals surface area contributed by atoms with Crippen LogP contribution in [0, 0.1) is 0 Å². The zero-order chi connectivity index (χ0) is 18.9. The van der Waals surface area contributed by atoms with Gasteiger partial charge < -0.3 is 14.6 Å². The van der Waals surface area contributed by atoms with E-state index < -0.39 is 5.54 Å². The van der Waals surface area contributed by atoms with Crippen LogP contribution in [0.1, 0.15) is 24.2 Å². The Morgan fingerprint density at radius 1 is 1.31 bits per heavy atom. The Hall–Kier alpha value is -2.31. The molecule has 1 N–H and O–H groups in total. The molecule has 0 aliphatic rings. The molecule has 6 nitrogen and oxygen atoms in total. The normalized spacial score (nSPS) is 11.6. The number of aryl methyl sites for hydroxylation is 1. The number of hydrogen-bond donors (Lipinski definition) is 1. The van der Waals surface area contributed by atoms with Crippen LogP contribution >= 0.6 is 23.2 Å². The largest absolute Gasteiger partial charge is 0.491 e. The highest BCUT2D eigenvalue weighted by Gasteiger charge is 2.23. The van der Waals surface area contributed by atoms with Gasteiger partial charge in [-0.25, -0.2) is 9.97 Å². The minimum atomic E-state index is -0.609. The van der Waals surface area contributed by atoms with Crippen LogP contribution < -0.4 is 10.1 Å². The maximum atomic E-state index is 12.6. The number of pyridine rings is 2. The summed E-state index contributed by atoms with van der Waals surface area (Å²) >= 11 is 12.0. The summed E-state index contributed by atoms with van der Waals surface area (Å²) in [5.41, 5.74) is 0.553. The summed E-state index contributed by atoms with van der Waals surface area (Å²) in [5.74, 6) is 0.340. The van der Waals surface area contributed by atoms with Crippen LogP contribution in [0.5, 0.6) is 5.75 Å². The van der Waals surface area contributed by atoms with Crippen molar-refractivity contribution in [3.05, 3.63) is 52.5 Å². The number of nitrogens with one attached hydrogen (secondary N) is 1. The molecule has 3 rings (SSSR count). The van der Waals surface area contributed by atoms with Crippen LogP contribution in [-0.4, -0.2) is 32.6 Å². The smallest absolute Gasteiger partial charge is 0.253 e. The Kier molecular flexibility index (Phi) is 5.07. The van der Waals surface area contributed by atoms with Crippen molar-refractivity contribution in [3.8, 4) is 5.75 Å². The molecule has 3 heterocycles. The van der Waals surface area contributed by atoms with E-state index in [1.54, 1.807) is 30.6 Å². The van der Waals surface area contributed by atoms with Crippen LogP contribution in [0.3, 0.4) is 0 Å². The van der Waals surface area contributed by atoms with Gasteiger partial charge in [0.2, 0.25) is 0 Å². The SMILES string of the molecule is Cn1cc(Cl)c2cc(C(=O)NC(C)(C)COc3ccnc(Cl)c3)cnc21. The van der Waals surface area contributed by atoms with Gasteiger partial charge in [-0.1, -0.05) is 23.2 Å². The van der Waals surface area contributed by atoms with Crippen molar-refractivity contribution < 1.29 is 9.53 Å². The Balaban J connectivity index is 1.70. The van der Waals surface area contributed by atoms with E-state index in [9.17, 15) is 4.79 Å². The molecule has 136 valence electrons. The second-order valence-electron chi connectivity index (χ2n) is 6.62. The van der Waals surface area contributed by atoms with Gasteiger partial charge >= 0.3 is 0 Å². The fourth-order valence-corrected chi connectivity index (χ4v) is 2.94. The molecule has 8 heteroatoms. The van der Waals surface area contributed by atoms with E-state index in [2.05, 4.69) is 15.3 Å². The van der Waals surface area contributed by atoms with E-state index in [4.69, 9.17) is 27.9 Å². The van der Waals surface area contributed by atoms with Crippen molar-refractivity contribution in [2.75, 3.05) is 6.61 Å². The number of halogens is 2. The van der Waals surface area contributed by atoms with E-state index in [0.29, 0.717) is 21.5 Å². The van der Waals surface area contributed by atoms with Gasteiger partial charge in [-0.2, -0.15) is 0 Å². The van der Waals surface area contributed by atoms with Gasteiger partial charge in [0.05, 0.1) is 16.1 Å². The van der Waals surface area contributed by atoms with Crippen LogP contribution in [-0.2, 0) is 7.05 Å². The van der Waals surface area contributed by atoms with Crippen molar-refractivity contribution in [2.24, 2.45) is 7.05 Å². The number of ether oxygens (including phenoxy) is 1. The highest BCUT2D eigenvalue weighted by Crippen LogP contribution is 2.24. The lowest BCUT2D eigenvalue weighted by atomic mass is 10.1. The minimum Gasteiger partial charge on any atom is -0.491 e. The summed E-state index contributed by atoms with van der Waals surface area (Å²) in [6.07, 6.45) is 4.86. The zero-order valence-corrected chi connectivity index (χ0v) is 16.1. The molecule has 0 saturated heterocycles. The number of carbonyl (C=O) groups excluding carboxylic acids is 1. The van der Waals surface area contributed by atoms with E-state index in [0.717, 1.165) is 11.0 Å². The predicted octanol–water partition coefficient (Wildman–Crippen LogP) is 3.86. The van der Waals surface area contributed by atoms with Crippen molar-refractivity contribution in [2.45, 2.75) is 19.4 Å². The first kappa shape index (κ1) is 18.5. The topological polar surface area (TPSA) is 69.0 Å². The molecule has 0 aromatic carbocycles. The fraction of sp³-hybridized carbons (Fsp3) is 0.278. The number of hydrogen-bond acceptors (Lipinski definition) is 4. The molecule has 0 aliphatic heterocycles. The summed E-state index contributed by atoms with van der Waals surface area (Å²) in [6.45, 7) is 4.01. The maximum Gasteiger partial charge on any atom is 0.253 e. The van der Waals surface area contributed by atoms with Gasteiger partial charge in [0.15, 0.2) is 0 Å². The summed E-state index contributed by atoms with van der Waals surface area (Å²) in [4.78, 5) is 20.8. The third kappa shape index (κ3) is 4.08. The monoisotopic (exact) mass is 392 g/mol. The van der Waals surface area contributed by atoms with Crippen LogP contribution in [0.15, 0.2) is 36.8 Å². The highest BCUT2D eigenvalue weighted by atomic mass is 35.5. The fourth-order valence-electron chi connectivity index (χ4n) is 2.49. The Labute approximate surface area is 161 Å². The Morgan fingerprint density at radius 2 is 2.08 bits per heavy atom. The van der Waals surface area contributed by atoms with Crippen LogP contribution in [0.4, 0.5) is 0 Å². The summed E-state index contributed by atoms with van der Waals surface area (Å²) in [5, 5.41) is 4.59. The maximum absolute atomic E-state index is 12.6. The average Bonchev–Trinajstić information content (AvgIpc) is 2.87.